The molecule has 2 fully saturated rings. The van der Waals surface area contributed by atoms with Crippen LogP contribution in [0.2, 0.25) is 0 Å². The van der Waals surface area contributed by atoms with Crippen LogP contribution in [0.25, 0.3) is 0 Å². The Bertz CT molecular complexity index is 349. The molecule has 1 N–H and O–H groups in total. The van der Waals surface area contributed by atoms with Crippen LogP contribution in [0.15, 0.2) is 0 Å². The molecule has 0 aromatic heterocycles. The second kappa shape index (κ2) is 5.93. The maximum Gasteiger partial charge on any atom is 0.307 e. The third-order valence-corrected chi connectivity index (χ3v) is 4.46. The zero-order valence-corrected chi connectivity index (χ0v) is 12.0. The van der Waals surface area contributed by atoms with Crippen molar-refractivity contribution in [2.24, 2.45) is 17.8 Å². The molecule has 4 nitrogen and oxygen atoms in total. The van der Waals surface area contributed by atoms with Crippen molar-refractivity contribution in [3.05, 3.63) is 0 Å². The van der Waals surface area contributed by atoms with Crippen molar-refractivity contribution in [3.8, 4) is 0 Å². The summed E-state index contributed by atoms with van der Waals surface area (Å²) in [5, 5.41) is 9.30. The van der Waals surface area contributed by atoms with Crippen LogP contribution >= 0.6 is 0 Å². The number of carboxylic acids is 1. The molecule has 2 aliphatic carbocycles. The van der Waals surface area contributed by atoms with Gasteiger partial charge in [-0.3, -0.25) is 9.59 Å². The average molecular weight is 267 g/mol. The fraction of sp³-hybridized carbons (Fsp3) is 0.867. The number of carbonyl (C=O) groups is 2. The Morgan fingerprint density at radius 2 is 1.68 bits per heavy atom. The Morgan fingerprint density at radius 3 is 2.16 bits per heavy atom. The van der Waals surface area contributed by atoms with Gasteiger partial charge in [0.25, 0.3) is 0 Å². The van der Waals surface area contributed by atoms with Crippen molar-refractivity contribution in [2.75, 3.05) is 6.54 Å². The highest BCUT2D eigenvalue weighted by Gasteiger charge is 2.39. The van der Waals surface area contributed by atoms with Gasteiger partial charge < -0.3 is 10.0 Å². The first-order valence-corrected chi connectivity index (χ1v) is 7.54. The lowest BCUT2D eigenvalue weighted by molar-refractivity contribution is -0.153. The summed E-state index contributed by atoms with van der Waals surface area (Å²) in [7, 11) is 0. The van der Waals surface area contributed by atoms with Gasteiger partial charge in [-0.1, -0.05) is 12.8 Å². The van der Waals surface area contributed by atoms with Crippen LogP contribution in [0.3, 0.4) is 0 Å². The van der Waals surface area contributed by atoms with E-state index in [1.165, 1.54) is 12.8 Å². The van der Waals surface area contributed by atoms with E-state index in [4.69, 9.17) is 0 Å². The molecule has 0 aromatic rings. The molecule has 2 aliphatic rings. The molecule has 4 heteroatoms. The van der Waals surface area contributed by atoms with Crippen molar-refractivity contribution in [3.63, 3.8) is 0 Å². The number of amides is 1. The van der Waals surface area contributed by atoms with Gasteiger partial charge in [0.1, 0.15) is 0 Å². The fourth-order valence-corrected chi connectivity index (χ4v) is 3.07. The first-order valence-electron chi connectivity index (χ1n) is 7.54. The molecule has 0 saturated heterocycles. The molecule has 1 amide bonds. The molecule has 0 aromatic carbocycles. The van der Waals surface area contributed by atoms with Gasteiger partial charge in [-0.2, -0.15) is 0 Å². The van der Waals surface area contributed by atoms with Crippen LogP contribution in [0.5, 0.6) is 0 Å². The summed E-state index contributed by atoms with van der Waals surface area (Å²) in [4.78, 5) is 25.9. The van der Waals surface area contributed by atoms with Gasteiger partial charge in [0.05, 0.1) is 11.8 Å². The standard InChI is InChI=1S/C15H25NO3/c1-10(2)16(9-11-7-8-11)14(17)12-5-3-4-6-13(12)15(18)19/h10-13H,3-9H2,1-2H3,(H,18,19)/t12-,13+/m1/s1. The normalized spacial score (nSPS) is 27.3. The number of hydrogen-bond acceptors (Lipinski definition) is 2. The molecule has 19 heavy (non-hydrogen) atoms. The summed E-state index contributed by atoms with van der Waals surface area (Å²) in [6, 6.07) is 0.171. The predicted molar refractivity (Wildman–Crippen MR) is 72.7 cm³/mol. The maximum atomic E-state index is 12.7. The number of nitrogens with zero attached hydrogens (tertiary/aromatic N) is 1. The van der Waals surface area contributed by atoms with Crippen molar-refractivity contribution in [1.82, 2.24) is 4.90 Å². The minimum Gasteiger partial charge on any atom is -0.481 e. The number of aliphatic carboxylic acids is 1. The first-order chi connectivity index (χ1) is 9.00. The van der Waals surface area contributed by atoms with Gasteiger partial charge in [-0.05, 0) is 45.4 Å². The van der Waals surface area contributed by atoms with Crippen molar-refractivity contribution in [2.45, 2.75) is 58.4 Å². The Morgan fingerprint density at radius 1 is 1.11 bits per heavy atom. The quantitative estimate of drug-likeness (QED) is 0.832. The number of hydrogen-bond donors (Lipinski definition) is 1. The van der Waals surface area contributed by atoms with Gasteiger partial charge in [0.2, 0.25) is 5.91 Å². The summed E-state index contributed by atoms with van der Waals surface area (Å²) in [5.41, 5.74) is 0. The highest BCUT2D eigenvalue weighted by atomic mass is 16.4. The largest absolute Gasteiger partial charge is 0.481 e. The summed E-state index contributed by atoms with van der Waals surface area (Å²) in [5.74, 6) is -0.838. The Hall–Kier alpha value is -1.06. The van der Waals surface area contributed by atoms with Crippen LogP contribution in [0, 0.1) is 17.8 Å². The number of carboxylic acid groups (broad SMARTS) is 1. The molecular formula is C15H25NO3. The second-order valence-corrected chi connectivity index (χ2v) is 6.36. The summed E-state index contributed by atoms with van der Waals surface area (Å²) >= 11 is 0. The van der Waals surface area contributed by atoms with E-state index >= 15 is 0 Å². The van der Waals surface area contributed by atoms with E-state index in [1.54, 1.807) is 0 Å². The smallest absolute Gasteiger partial charge is 0.307 e. The van der Waals surface area contributed by atoms with Crippen LogP contribution < -0.4 is 0 Å². The summed E-state index contributed by atoms with van der Waals surface area (Å²) < 4.78 is 0. The number of rotatable bonds is 5. The summed E-state index contributed by atoms with van der Waals surface area (Å²) in [6.45, 7) is 4.87. The monoisotopic (exact) mass is 267 g/mol. The Balaban J connectivity index is 2.06. The molecule has 2 atom stereocenters. The highest BCUT2D eigenvalue weighted by Crippen LogP contribution is 2.35. The third kappa shape index (κ3) is 3.48. The van der Waals surface area contributed by atoms with Gasteiger partial charge in [-0.15, -0.1) is 0 Å². The molecule has 0 bridgehead atoms. The zero-order valence-electron chi connectivity index (χ0n) is 12.0. The molecule has 2 rings (SSSR count). The molecule has 108 valence electrons. The average Bonchev–Trinajstić information content (AvgIpc) is 3.18. The van der Waals surface area contributed by atoms with E-state index in [9.17, 15) is 14.7 Å². The van der Waals surface area contributed by atoms with E-state index in [0.717, 1.165) is 25.8 Å². The lowest BCUT2D eigenvalue weighted by atomic mass is 9.78. The molecule has 2 saturated carbocycles. The van der Waals surface area contributed by atoms with Gasteiger partial charge in [0, 0.05) is 12.6 Å². The van der Waals surface area contributed by atoms with E-state index in [-0.39, 0.29) is 17.9 Å². The van der Waals surface area contributed by atoms with Gasteiger partial charge in [-0.25, -0.2) is 0 Å². The molecule has 0 radical (unpaired) electrons. The third-order valence-electron chi connectivity index (χ3n) is 4.46. The van der Waals surface area contributed by atoms with E-state index < -0.39 is 11.9 Å². The molecule has 0 aliphatic heterocycles. The van der Waals surface area contributed by atoms with Crippen molar-refractivity contribution < 1.29 is 14.7 Å². The molecule has 0 unspecified atom stereocenters. The zero-order chi connectivity index (χ0) is 14.0. The van der Waals surface area contributed by atoms with Gasteiger partial charge >= 0.3 is 5.97 Å². The van der Waals surface area contributed by atoms with Crippen LogP contribution in [-0.2, 0) is 9.59 Å². The van der Waals surface area contributed by atoms with Crippen molar-refractivity contribution in [1.29, 1.82) is 0 Å². The maximum absolute atomic E-state index is 12.7. The SMILES string of the molecule is CC(C)N(CC1CC1)C(=O)[C@@H]1CCCC[C@@H]1C(=O)O. The number of carbonyl (C=O) groups excluding carboxylic acids is 1. The predicted octanol–water partition coefficient (Wildman–Crippen LogP) is 2.52. The first kappa shape index (κ1) is 14.4. The van der Waals surface area contributed by atoms with E-state index in [1.807, 2.05) is 18.7 Å². The molecular weight excluding hydrogens is 242 g/mol. The molecule has 0 spiro atoms. The second-order valence-electron chi connectivity index (χ2n) is 6.36. The van der Waals surface area contributed by atoms with Gasteiger partial charge in [0.15, 0.2) is 0 Å². The van der Waals surface area contributed by atoms with Crippen LogP contribution in [0.1, 0.15) is 52.4 Å². The Kier molecular flexibility index (Phi) is 4.48. The minimum absolute atomic E-state index is 0.0778. The topological polar surface area (TPSA) is 57.6 Å². The minimum atomic E-state index is -0.798. The lowest BCUT2D eigenvalue weighted by Crippen LogP contribution is -2.46. The fourth-order valence-electron chi connectivity index (χ4n) is 3.07. The summed E-state index contributed by atoms with van der Waals surface area (Å²) in [6.07, 6.45) is 5.73. The highest BCUT2D eigenvalue weighted by molar-refractivity contribution is 5.85. The molecule has 0 heterocycles. The van der Waals surface area contributed by atoms with Crippen LogP contribution in [0.4, 0.5) is 0 Å². The van der Waals surface area contributed by atoms with E-state index in [0.29, 0.717) is 12.3 Å². The van der Waals surface area contributed by atoms with Crippen LogP contribution in [-0.4, -0.2) is 34.5 Å². The lowest BCUT2D eigenvalue weighted by Gasteiger charge is -2.35. The van der Waals surface area contributed by atoms with Crippen molar-refractivity contribution >= 4 is 11.9 Å². The van der Waals surface area contributed by atoms with E-state index in [2.05, 4.69) is 0 Å². The Labute approximate surface area is 115 Å².